The molecule has 2 aliphatic rings. The van der Waals surface area contributed by atoms with Crippen LogP contribution in [0.1, 0.15) is 38.3 Å². The molecule has 1 aliphatic heterocycles. The number of nitrogens with zero attached hydrogens (tertiary/aromatic N) is 4. The fraction of sp³-hybridized carbons (Fsp3) is 0.722. The number of piperazine rings is 1. The first-order valence-electron chi connectivity index (χ1n) is 10.2. The lowest BCUT2D eigenvalue weighted by atomic mass is 10.3. The highest BCUT2D eigenvalue weighted by atomic mass is 127. The Morgan fingerprint density at radius 1 is 1.30 bits per heavy atom. The number of aliphatic imine (C=N–C) groups is 1. The van der Waals surface area contributed by atoms with Crippen molar-refractivity contribution in [2.24, 2.45) is 4.99 Å². The SMILES string of the molecule is CCNC(=NCCCC(=O)NC1CC1)N1CCN(S(=O)(=O)Cc2ccon2)CC1.I. The van der Waals surface area contributed by atoms with E-state index in [0.717, 1.165) is 25.3 Å². The third kappa shape index (κ3) is 7.69. The number of aromatic nitrogens is 1. The summed E-state index contributed by atoms with van der Waals surface area (Å²) in [5, 5.41) is 9.92. The Hall–Kier alpha value is -1.41. The maximum absolute atomic E-state index is 12.6. The van der Waals surface area contributed by atoms with E-state index in [2.05, 4.69) is 25.7 Å². The Morgan fingerprint density at radius 3 is 2.63 bits per heavy atom. The smallest absolute Gasteiger partial charge is 0.220 e. The highest BCUT2D eigenvalue weighted by Crippen LogP contribution is 2.18. The van der Waals surface area contributed by atoms with E-state index in [9.17, 15) is 13.2 Å². The molecule has 1 aromatic heterocycles. The first kappa shape index (κ1) is 24.9. The summed E-state index contributed by atoms with van der Waals surface area (Å²) in [6, 6.07) is 1.95. The minimum atomic E-state index is -3.42. The van der Waals surface area contributed by atoms with Crippen molar-refractivity contribution < 1.29 is 17.7 Å². The quantitative estimate of drug-likeness (QED) is 0.200. The van der Waals surface area contributed by atoms with E-state index >= 15 is 0 Å². The van der Waals surface area contributed by atoms with Crippen molar-refractivity contribution in [3.63, 3.8) is 0 Å². The van der Waals surface area contributed by atoms with Crippen LogP contribution in [0, 0.1) is 0 Å². The largest absolute Gasteiger partial charge is 0.364 e. The predicted octanol–water partition coefficient (Wildman–Crippen LogP) is 0.764. The van der Waals surface area contributed by atoms with E-state index in [1.165, 1.54) is 10.6 Å². The Morgan fingerprint density at radius 2 is 2.03 bits per heavy atom. The lowest BCUT2D eigenvalue weighted by molar-refractivity contribution is -0.121. The van der Waals surface area contributed by atoms with Crippen molar-refractivity contribution in [2.75, 3.05) is 39.3 Å². The van der Waals surface area contributed by atoms with E-state index in [1.807, 2.05) is 6.92 Å². The standard InChI is InChI=1S/C18H30N6O4S.HI/c1-2-19-18(20-8-3-4-17(25)21-15-5-6-15)23-9-11-24(12-10-23)29(26,27)14-16-7-13-28-22-16;/h7,13,15H,2-6,8-12,14H2,1H3,(H,19,20)(H,21,25);1H. The molecule has 0 spiro atoms. The molecule has 0 radical (unpaired) electrons. The van der Waals surface area contributed by atoms with Gasteiger partial charge in [0, 0.05) is 57.8 Å². The minimum Gasteiger partial charge on any atom is -0.364 e. The van der Waals surface area contributed by atoms with Crippen molar-refractivity contribution in [2.45, 2.75) is 44.4 Å². The molecule has 0 bridgehead atoms. The number of hydrogen-bond donors (Lipinski definition) is 2. The molecule has 0 atom stereocenters. The van der Waals surface area contributed by atoms with E-state index in [1.54, 1.807) is 6.07 Å². The summed E-state index contributed by atoms with van der Waals surface area (Å²) in [7, 11) is -3.42. The Labute approximate surface area is 194 Å². The van der Waals surface area contributed by atoms with Crippen molar-refractivity contribution >= 4 is 45.9 Å². The molecule has 12 heteroatoms. The Kier molecular flexibility index (Phi) is 9.81. The molecule has 30 heavy (non-hydrogen) atoms. The first-order chi connectivity index (χ1) is 14.0. The second-order valence-corrected chi connectivity index (χ2v) is 9.28. The van der Waals surface area contributed by atoms with Crippen molar-refractivity contribution in [1.82, 2.24) is 25.0 Å². The molecular formula is C18H31IN6O4S. The highest BCUT2D eigenvalue weighted by Gasteiger charge is 2.29. The zero-order valence-electron chi connectivity index (χ0n) is 17.2. The van der Waals surface area contributed by atoms with Crippen LogP contribution in [0.4, 0.5) is 0 Å². The van der Waals surface area contributed by atoms with E-state index < -0.39 is 10.0 Å². The molecule has 2 N–H and O–H groups in total. The van der Waals surface area contributed by atoms with E-state index in [4.69, 9.17) is 4.52 Å². The average molecular weight is 554 g/mol. The second kappa shape index (κ2) is 11.8. The van der Waals surface area contributed by atoms with Crippen LogP contribution in [-0.2, 0) is 20.6 Å². The van der Waals surface area contributed by atoms with E-state index in [0.29, 0.717) is 57.3 Å². The second-order valence-electron chi connectivity index (χ2n) is 7.31. The monoisotopic (exact) mass is 554 g/mol. The van der Waals surface area contributed by atoms with Crippen LogP contribution in [0.3, 0.4) is 0 Å². The Bertz CT molecular complexity index is 790. The minimum absolute atomic E-state index is 0. The Balaban J connectivity index is 0.00000320. The zero-order valence-corrected chi connectivity index (χ0v) is 20.4. The maximum atomic E-state index is 12.6. The molecular weight excluding hydrogens is 523 g/mol. The van der Waals surface area contributed by atoms with Crippen LogP contribution in [0.25, 0.3) is 0 Å². The average Bonchev–Trinajstić information content (AvgIpc) is 3.37. The third-order valence-electron chi connectivity index (χ3n) is 4.85. The summed E-state index contributed by atoms with van der Waals surface area (Å²) in [6.45, 7) is 5.20. The summed E-state index contributed by atoms with van der Waals surface area (Å²) in [5.74, 6) is 0.711. The summed E-state index contributed by atoms with van der Waals surface area (Å²) in [5.41, 5.74) is 0.410. The van der Waals surface area contributed by atoms with Crippen molar-refractivity contribution in [3.05, 3.63) is 18.0 Å². The normalized spacial score (nSPS) is 18.0. The van der Waals surface area contributed by atoms with Gasteiger partial charge in [0.2, 0.25) is 15.9 Å². The lowest BCUT2D eigenvalue weighted by Gasteiger charge is -2.35. The van der Waals surface area contributed by atoms with Gasteiger partial charge in [0.1, 0.15) is 12.0 Å². The number of nitrogens with one attached hydrogen (secondary N) is 2. The van der Waals surface area contributed by atoms with Gasteiger partial charge < -0.3 is 20.1 Å². The summed E-state index contributed by atoms with van der Waals surface area (Å²) < 4.78 is 31.3. The molecule has 1 saturated carbocycles. The summed E-state index contributed by atoms with van der Waals surface area (Å²) in [6.07, 6.45) is 4.73. The maximum Gasteiger partial charge on any atom is 0.220 e. The number of carbonyl (C=O) groups is 1. The van der Waals surface area contributed by atoms with Gasteiger partial charge in [-0.25, -0.2) is 8.42 Å². The van der Waals surface area contributed by atoms with Crippen molar-refractivity contribution in [3.8, 4) is 0 Å². The van der Waals surface area contributed by atoms with Gasteiger partial charge in [-0.15, -0.1) is 24.0 Å². The molecule has 3 rings (SSSR count). The molecule has 0 unspecified atom stereocenters. The highest BCUT2D eigenvalue weighted by molar-refractivity contribution is 14.0. The number of halogens is 1. The van der Waals surface area contributed by atoms with Crippen LogP contribution >= 0.6 is 24.0 Å². The van der Waals surface area contributed by atoms with Crippen molar-refractivity contribution in [1.29, 1.82) is 0 Å². The lowest BCUT2D eigenvalue weighted by Crippen LogP contribution is -2.53. The van der Waals surface area contributed by atoms with Crippen LogP contribution in [0.15, 0.2) is 21.8 Å². The fourth-order valence-corrected chi connectivity index (χ4v) is 4.57. The van der Waals surface area contributed by atoms with Gasteiger partial charge in [0.15, 0.2) is 5.96 Å². The van der Waals surface area contributed by atoms with Crippen LogP contribution in [0.5, 0.6) is 0 Å². The molecule has 1 saturated heterocycles. The number of sulfonamides is 1. The molecule has 1 amide bonds. The topological polar surface area (TPSA) is 120 Å². The van der Waals surface area contributed by atoms with Gasteiger partial charge in [-0.3, -0.25) is 9.79 Å². The molecule has 1 aliphatic carbocycles. The molecule has 2 fully saturated rings. The number of amides is 1. The molecule has 2 heterocycles. The van der Waals surface area contributed by atoms with E-state index in [-0.39, 0.29) is 35.6 Å². The van der Waals surface area contributed by atoms with Crippen LogP contribution < -0.4 is 10.6 Å². The van der Waals surface area contributed by atoms with Crippen LogP contribution in [-0.4, -0.2) is 80.0 Å². The molecule has 10 nitrogen and oxygen atoms in total. The number of carbonyl (C=O) groups excluding carboxylic acids is 1. The van der Waals surface area contributed by atoms with Gasteiger partial charge in [-0.2, -0.15) is 4.31 Å². The zero-order chi connectivity index (χ0) is 20.7. The molecule has 1 aromatic rings. The molecule has 170 valence electrons. The van der Waals surface area contributed by atoms with Gasteiger partial charge in [-0.05, 0) is 26.2 Å². The van der Waals surface area contributed by atoms with Gasteiger partial charge in [0.05, 0.1) is 5.69 Å². The number of guanidine groups is 1. The predicted molar refractivity (Wildman–Crippen MR) is 124 cm³/mol. The first-order valence-corrected chi connectivity index (χ1v) is 11.8. The van der Waals surface area contributed by atoms with Gasteiger partial charge >= 0.3 is 0 Å². The number of hydrogen-bond acceptors (Lipinski definition) is 6. The third-order valence-corrected chi connectivity index (χ3v) is 6.67. The summed E-state index contributed by atoms with van der Waals surface area (Å²) >= 11 is 0. The summed E-state index contributed by atoms with van der Waals surface area (Å²) in [4.78, 5) is 18.4. The fourth-order valence-electron chi connectivity index (χ4n) is 3.15. The number of rotatable bonds is 9. The van der Waals surface area contributed by atoms with Gasteiger partial charge in [-0.1, -0.05) is 5.16 Å². The van der Waals surface area contributed by atoms with Crippen LogP contribution in [0.2, 0.25) is 0 Å². The van der Waals surface area contributed by atoms with Gasteiger partial charge in [0.25, 0.3) is 0 Å². The molecule has 0 aromatic carbocycles.